The van der Waals surface area contributed by atoms with Crippen molar-refractivity contribution < 1.29 is 9.47 Å². The molecule has 0 saturated heterocycles. The first-order valence-electron chi connectivity index (χ1n) is 9.22. The molecule has 0 saturated carbocycles. The zero-order chi connectivity index (χ0) is 19.5. The van der Waals surface area contributed by atoms with E-state index in [0.717, 1.165) is 11.5 Å². The highest BCUT2D eigenvalue weighted by atomic mass is 16.5. The van der Waals surface area contributed by atoms with Crippen LogP contribution in [0.15, 0.2) is 0 Å². The Morgan fingerprint density at radius 3 is 0.692 bits per heavy atom. The summed E-state index contributed by atoms with van der Waals surface area (Å²) in [5.41, 5.74) is 10.4. The van der Waals surface area contributed by atoms with Gasteiger partial charge in [-0.3, -0.25) is 0 Å². The minimum Gasteiger partial charge on any atom is -0.495 e. The van der Waals surface area contributed by atoms with Crippen LogP contribution in [0.1, 0.15) is 44.5 Å². The van der Waals surface area contributed by atoms with Gasteiger partial charge in [-0.25, -0.2) is 0 Å². The van der Waals surface area contributed by atoms with Gasteiger partial charge in [-0.2, -0.15) is 0 Å². The van der Waals surface area contributed by atoms with Crippen LogP contribution >= 0.6 is 0 Å². The molecule has 0 bridgehead atoms. The molecule has 2 heteroatoms. The number of hydrogen-bond donors (Lipinski definition) is 0. The minimum absolute atomic E-state index is 0.975. The van der Waals surface area contributed by atoms with E-state index in [9.17, 15) is 0 Å². The lowest BCUT2D eigenvalue weighted by Gasteiger charge is -2.24. The Balaban J connectivity index is 2.86. The van der Waals surface area contributed by atoms with Gasteiger partial charge in [-0.05, 0) is 99.9 Å². The lowest BCUT2D eigenvalue weighted by molar-refractivity contribution is 0.417. The van der Waals surface area contributed by atoms with Crippen LogP contribution in [0, 0.1) is 55.4 Å². The molecule has 0 aromatic heterocycles. The van der Waals surface area contributed by atoms with E-state index in [2.05, 4.69) is 55.4 Å². The molecule has 3 rings (SSSR count). The molecule has 0 fully saturated rings. The normalized spacial score (nSPS) is 11.5. The van der Waals surface area contributed by atoms with E-state index < -0.39 is 0 Å². The van der Waals surface area contributed by atoms with Crippen LogP contribution in [0.25, 0.3) is 21.5 Å². The van der Waals surface area contributed by atoms with E-state index in [1.807, 2.05) is 0 Å². The third-order valence-corrected chi connectivity index (χ3v) is 6.69. The molecule has 0 aliphatic carbocycles. The van der Waals surface area contributed by atoms with E-state index in [1.54, 1.807) is 14.2 Å². The van der Waals surface area contributed by atoms with Crippen molar-refractivity contribution in [3.63, 3.8) is 0 Å². The second kappa shape index (κ2) is 6.19. The molecular weight excluding hydrogens is 320 g/mol. The SMILES string of the molecule is COc1c2c(C)c(C)c(C)c(C)c2c(OC)c2c(C)c(C)c(C)c(C)c12. The number of methoxy groups -OCH3 is 2. The summed E-state index contributed by atoms with van der Waals surface area (Å²) in [5, 5.41) is 4.73. The molecule has 3 aromatic carbocycles. The summed E-state index contributed by atoms with van der Waals surface area (Å²) < 4.78 is 12.1. The van der Waals surface area contributed by atoms with E-state index in [-0.39, 0.29) is 0 Å². The summed E-state index contributed by atoms with van der Waals surface area (Å²) in [6, 6.07) is 0. The van der Waals surface area contributed by atoms with Gasteiger partial charge >= 0.3 is 0 Å². The van der Waals surface area contributed by atoms with Crippen molar-refractivity contribution >= 4 is 21.5 Å². The molecule has 0 spiro atoms. The Kier molecular flexibility index (Phi) is 4.42. The third kappa shape index (κ3) is 2.17. The molecule has 0 aliphatic heterocycles. The first-order valence-corrected chi connectivity index (χ1v) is 9.22. The van der Waals surface area contributed by atoms with Crippen molar-refractivity contribution in [1.82, 2.24) is 0 Å². The maximum Gasteiger partial charge on any atom is 0.135 e. The molecular formula is C24H30O2. The topological polar surface area (TPSA) is 18.5 Å². The molecule has 0 heterocycles. The van der Waals surface area contributed by atoms with Crippen molar-refractivity contribution in [3.05, 3.63) is 44.5 Å². The van der Waals surface area contributed by atoms with Crippen LogP contribution in [-0.4, -0.2) is 14.2 Å². The monoisotopic (exact) mass is 350 g/mol. The van der Waals surface area contributed by atoms with Gasteiger partial charge in [0.15, 0.2) is 0 Å². The maximum absolute atomic E-state index is 6.05. The zero-order valence-corrected chi connectivity index (χ0v) is 17.8. The molecule has 2 nitrogen and oxygen atoms in total. The largest absolute Gasteiger partial charge is 0.495 e. The van der Waals surface area contributed by atoms with Gasteiger partial charge in [-0.1, -0.05) is 0 Å². The van der Waals surface area contributed by atoms with Gasteiger partial charge in [-0.15, -0.1) is 0 Å². The molecule has 0 aliphatic rings. The minimum atomic E-state index is 0.975. The molecule has 0 amide bonds. The predicted molar refractivity (Wildman–Crippen MR) is 112 cm³/mol. The highest BCUT2D eigenvalue weighted by molar-refractivity contribution is 6.16. The van der Waals surface area contributed by atoms with Gasteiger partial charge in [0, 0.05) is 21.5 Å². The number of ether oxygens (including phenoxy) is 2. The van der Waals surface area contributed by atoms with Crippen molar-refractivity contribution in [2.45, 2.75) is 55.4 Å². The summed E-state index contributed by atoms with van der Waals surface area (Å²) in [6.07, 6.45) is 0. The summed E-state index contributed by atoms with van der Waals surface area (Å²) in [7, 11) is 3.57. The fourth-order valence-corrected chi connectivity index (χ4v) is 4.42. The van der Waals surface area contributed by atoms with Crippen LogP contribution in [0.3, 0.4) is 0 Å². The lowest BCUT2D eigenvalue weighted by atomic mass is 9.84. The number of hydrogen-bond acceptors (Lipinski definition) is 2. The fourth-order valence-electron chi connectivity index (χ4n) is 4.42. The summed E-state index contributed by atoms with van der Waals surface area (Å²) in [5.74, 6) is 1.95. The Bertz CT molecular complexity index is 905. The standard InChI is InChI=1S/C24H30O2/c1-11-12(2)16(6)20-19(15(11)5)23(25-9)21-17(7)13(3)14(4)18(8)22(21)24(20)26-10/h1-10H3. The quantitative estimate of drug-likeness (QED) is 0.493. The van der Waals surface area contributed by atoms with Crippen molar-refractivity contribution in [1.29, 1.82) is 0 Å². The highest BCUT2D eigenvalue weighted by Gasteiger charge is 2.24. The van der Waals surface area contributed by atoms with Gasteiger partial charge < -0.3 is 9.47 Å². The van der Waals surface area contributed by atoms with E-state index in [1.165, 1.54) is 66.1 Å². The van der Waals surface area contributed by atoms with E-state index in [0.29, 0.717) is 0 Å². The smallest absolute Gasteiger partial charge is 0.135 e. The van der Waals surface area contributed by atoms with Crippen molar-refractivity contribution in [2.75, 3.05) is 14.2 Å². The Hall–Kier alpha value is -2.22. The first kappa shape index (κ1) is 18.6. The molecule has 0 radical (unpaired) electrons. The molecule has 26 heavy (non-hydrogen) atoms. The average molecular weight is 351 g/mol. The van der Waals surface area contributed by atoms with E-state index >= 15 is 0 Å². The molecule has 0 unspecified atom stereocenters. The van der Waals surface area contributed by atoms with Gasteiger partial charge in [0.1, 0.15) is 11.5 Å². The Labute approximate surface area is 157 Å². The third-order valence-electron chi connectivity index (χ3n) is 6.69. The first-order chi connectivity index (χ1) is 12.2. The van der Waals surface area contributed by atoms with Crippen molar-refractivity contribution in [2.24, 2.45) is 0 Å². The predicted octanol–water partition coefficient (Wildman–Crippen LogP) is 6.48. The van der Waals surface area contributed by atoms with Crippen molar-refractivity contribution in [3.8, 4) is 11.5 Å². The lowest BCUT2D eigenvalue weighted by Crippen LogP contribution is -2.03. The number of fused-ring (bicyclic) bond motifs is 2. The zero-order valence-electron chi connectivity index (χ0n) is 17.8. The number of rotatable bonds is 2. The Morgan fingerprint density at radius 1 is 0.346 bits per heavy atom. The molecule has 0 atom stereocenters. The van der Waals surface area contributed by atoms with Gasteiger partial charge in [0.05, 0.1) is 14.2 Å². The molecule has 0 N–H and O–H groups in total. The van der Waals surface area contributed by atoms with Gasteiger partial charge in [0.25, 0.3) is 0 Å². The van der Waals surface area contributed by atoms with Crippen LogP contribution < -0.4 is 9.47 Å². The number of aryl methyl sites for hydroxylation is 4. The van der Waals surface area contributed by atoms with Crippen LogP contribution in [0.4, 0.5) is 0 Å². The highest BCUT2D eigenvalue weighted by Crippen LogP contribution is 2.50. The van der Waals surface area contributed by atoms with Crippen LogP contribution in [-0.2, 0) is 0 Å². The number of benzene rings is 3. The van der Waals surface area contributed by atoms with Crippen LogP contribution in [0.2, 0.25) is 0 Å². The summed E-state index contributed by atoms with van der Waals surface area (Å²) in [4.78, 5) is 0. The molecule has 3 aromatic rings. The van der Waals surface area contributed by atoms with Gasteiger partial charge in [0.2, 0.25) is 0 Å². The summed E-state index contributed by atoms with van der Waals surface area (Å²) in [6.45, 7) is 17.6. The fraction of sp³-hybridized carbons (Fsp3) is 0.417. The second-order valence-electron chi connectivity index (χ2n) is 7.57. The summed E-state index contributed by atoms with van der Waals surface area (Å²) >= 11 is 0. The maximum atomic E-state index is 6.05. The van der Waals surface area contributed by atoms with Crippen LogP contribution in [0.5, 0.6) is 11.5 Å². The van der Waals surface area contributed by atoms with E-state index in [4.69, 9.17) is 9.47 Å². The average Bonchev–Trinajstić information content (AvgIpc) is 2.64. The Morgan fingerprint density at radius 2 is 0.538 bits per heavy atom. The molecule has 138 valence electrons. The second-order valence-corrected chi connectivity index (χ2v) is 7.57.